The first-order valence-corrected chi connectivity index (χ1v) is 12.5. The maximum Gasteiger partial charge on any atom is 0.254 e. The zero-order valence-electron chi connectivity index (χ0n) is 21.2. The Labute approximate surface area is 217 Å². The molecule has 7 nitrogen and oxygen atoms in total. The summed E-state index contributed by atoms with van der Waals surface area (Å²) >= 11 is 0. The Bertz CT molecular complexity index is 1330. The van der Waals surface area contributed by atoms with Gasteiger partial charge < -0.3 is 19.1 Å². The van der Waals surface area contributed by atoms with Gasteiger partial charge in [-0.1, -0.05) is 54.6 Å². The Hall–Kier alpha value is -4.10. The summed E-state index contributed by atoms with van der Waals surface area (Å²) in [5.74, 6) is 1.85. The minimum atomic E-state index is -0.0497. The predicted octanol–water partition coefficient (Wildman–Crippen LogP) is 5.71. The second kappa shape index (κ2) is 11.3. The van der Waals surface area contributed by atoms with Crippen molar-refractivity contribution in [3.63, 3.8) is 0 Å². The van der Waals surface area contributed by atoms with Crippen LogP contribution in [0.5, 0.6) is 17.4 Å². The van der Waals surface area contributed by atoms with Crippen molar-refractivity contribution >= 4 is 5.91 Å². The van der Waals surface area contributed by atoms with Gasteiger partial charge in [-0.2, -0.15) is 5.10 Å². The molecule has 0 saturated carbocycles. The molecule has 5 rings (SSSR count). The summed E-state index contributed by atoms with van der Waals surface area (Å²) in [5, 5.41) is 4.83. The number of carbonyl (C=O) groups is 1. The highest BCUT2D eigenvalue weighted by molar-refractivity contribution is 5.94. The van der Waals surface area contributed by atoms with E-state index in [-0.39, 0.29) is 12.0 Å². The Morgan fingerprint density at radius 1 is 1.03 bits per heavy atom. The third-order valence-electron chi connectivity index (χ3n) is 6.50. The van der Waals surface area contributed by atoms with Crippen LogP contribution in [0.1, 0.15) is 28.8 Å². The van der Waals surface area contributed by atoms with E-state index in [9.17, 15) is 4.79 Å². The van der Waals surface area contributed by atoms with Crippen LogP contribution in [-0.4, -0.2) is 47.0 Å². The molecule has 4 aromatic rings. The second-order valence-electron chi connectivity index (χ2n) is 9.09. The molecule has 0 radical (unpaired) electrons. The fourth-order valence-electron chi connectivity index (χ4n) is 4.63. The highest BCUT2D eigenvalue weighted by Crippen LogP contribution is 2.35. The molecule has 2 heterocycles. The number of ether oxygens (including phenoxy) is 3. The standard InChI is InChI=1S/C30H31N3O4/c1-32-30(37-25-16-9-15-24(19-25)35-2)27(28(31-32)22-11-5-3-6-12-22)21-33(20-26-17-10-18-36-26)29(34)23-13-7-4-8-14-23/h3-9,11-16,19,26H,10,17-18,20-21H2,1-2H3. The first-order valence-electron chi connectivity index (χ1n) is 12.5. The molecule has 1 aliphatic rings. The topological polar surface area (TPSA) is 65.8 Å². The van der Waals surface area contributed by atoms with Crippen LogP contribution in [0.2, 0.25) is 0 Å². The van der Waals surface area contributed by atoms with Gasteiger partial charge in [-0.3, -0.25) is 4.79 Å². The molecule has 0 spiro atoms. The van der Waals surface area contributed by atoms with E-state index in [1.807, 2.05) is 96.9 Å². The van der Waals surface area contributed by atoms with E-state index in [4.69, 9.17) is 19.3 Å². The summed E-state index contributed by atoms with van der Waals surface area (Å²) in [7, 11) is 3.48. The molecule has 1 unspecified atom stereocenters. The fraction of sp³-hybridized carbons (Fsp3) is 0.267. The van der Waals surface area contributed by atoms with E-state index in [0.29, 0.717) is 36.0 Å². The van der Waals surface area contributed by atoms with Gasteiger partial charge >= 0.3 is 0 Å². The summed E-state index contributed by atoms with van der Waals surface area (Å²) in [6.45, 7) is 1.55. The van der Waals surface area contributed by atoms with Crippen molar-refractivity contribution in [3.8, 4) is 28.6 Å². The first-order chi connectivity index (χ1) is 18.1. The normalized spacial score (nSPS) is 14.9. The quantitative estimate of drug-likeness (QED) is 0.296. The van der Waals surface area contributed by atoms with Crippen LogP contribution in [-0.2, 0) is 18.3 Å². The molecule has 1 atom stereocenters. The number of nitrogens with zero attached hydrogens (tertiary/aromatic N) is 3. The SMILES string of the molecule is COc1cccc(Oc2c(CN(CC3CCCO3)C(=O)c3ccccc3)c(-c3ccccc3)nn2C)c1. The first kappa shape index (κ1) is 24.6. The van der Waals surface area contributed by atoms with Gasteiger partial charge in [0.25, 0.3) is 5.91 Å². The Kier molecular flexibility index (Phi) is 7.51. The summed E-state index contributed by atoms with van der Waals surface area (Å²) in [6, 6.07) is 26.8. The average molecular weight is 498 g/mol. The van der Waals surface area contributed by atoms with E-state index < -0.39 is 0 Å². The highest BCUT2D eigenvalue weighted by Gasteiger charge is 2.28. The number of hydrogen-bond acceptors (Lipinski definition) is 5. The number of amides is 1. The lowest BCUT2D eigenvalue weighted by Gasteiger charge is -2.26. The lowest BCUT2D eigenvalue weighted by Crippen LogP contribution is -2.37. The van der Waals surface area contributed by atoms with Gasteiger partial charge in [0.05, 0.1) is 25.3 Å². The zero-order valence-corrected chi connectivity index (χ0v) is 21.2. The lowest BCUT2D eigenvalue weighted by molar-refractivity contribution is 0.0506. The van der Waals surface area contributed by atoms with Crippen LogP contribution in [0.15, 0.2) is 84.9 Å². The van der Waals surface area contributed by atoms with E-state index in [1.54, 1.807) is 11.8 Å². The van der Waals surface area contributed by atoms with E-state index >= 15 is 0 Å². The third-order valence-corrected chi connectivity index (χ3v) is 6.50. The van der Waals surface area contributed by atoms with Crippen molar-refractivity contribution in [3.05, 3.63) is 96.1 Å². The van der Waals surface area contributed by atoms with E-state index in [0.717, 1.165) is 36.3 Å². The molecule has 1 amide bonds. The van der Waals surface area contributed by atoms with Crippen LogP contribution >= 0.6 is 0 Å². The molecule has 1 saturated heterocycles. The van der Waals surface area contributed by atoms with Gasteiger partial charge in [-0.25, -0.2) is 4.68 Å². The van der Waals surface area contributed by atoms with Crippen molar-refractivity contribution in [1.82, 2.24) is 14.7 Å². The molecule has 3 aromatic carbocycles. The molecule has 0 aliphatic carbocycles. The molecule has 0 N–H and O–H groups in total. The molecular formula is C30H31N3O4. The minimum Gasteiger partial charge on any atom is -0.497 e. The highest BCUT2D eigenvalue weighted by atomic mass is 16.5. The van der Waals surface area contributed by atoms with Crippen LogP contribution in [0.25, 0.3) is 11.3 Å². The molecule has 37 heavy (non-hydrogen) atoms. The van der Waals surface area contributed by atoms with Crippen LogP contribution < -0.4 is 9.47 Å². The van der Waals surface area contributed by atoms with Crippen LogP contribution in [0, 0.1) is 0 Å². The molecule has 7 heteroatoms. The summed E-state index contributed by atoms with van der Waals surface area (Å²) in [4.78, 5) is 15.6. The zero-order chi connectivity index (χ0) is 25.6. The van der Waals surface area contributed by atoms with Gasteiger partial charge in [-0.15, -0.1) is 0 Å². The number of methoxy groups -OCH3 is 1. The largest absolute Gasteiger partial charge is 0.497 e. The van der Waals surface area contributed by atoms with Crippen molar-refractivity contribution in [2.45, 2.75) is 25.5 Å². The Morgan fingerprint density at radius 2 is 1.76 bits per heavy atom. The van der Waals surface area contributed by atoms with Crippen LogP contribution in [0.4, 0.5) is 0 Å². The molecule has 190 valence electrons. The maximum absolute atomic E-state index is 13.7. The number of aromatic nitrogens is 2. The second-order valence-corrected chi connectivity index (χ2v) is 9.09. The fourth-order valence-corrected chi connectivity index (χ4v) is 4.63. The molecule has 0 bridgehead atoms. The summed E-state index contributed by atoms with van der Waals surface area (Å²) < 4.78 is 19.4. The Balaban J connectivity index is 1.56. The van der Waals surface area contributed by atoms with Gasteiger partial charge in [0.1, 0.15) is 17.2 Å². The number of rotatable bonds is 9. The van der Waals surface area contributed by atoms with E-state index in [1.165, 1.54) is 0 Å². The number of carbonyl (C=O) groups excluding carboxylic acids is 1. The summed E-state index contributed by atoms with van der Waals surface area (Å²) in [5.41, 5.74) is 3.21. The molecule has 1 aliphatic heterocycles. The smallest absolute Gasteiger partial charge is 0.254 e. The number of hydrogen-bond donors (Lipinski definition) is 0. The minimum absolute atomic E-state index is 0.00672. The summed E-state index contributed by atoms with van der Waals surface area (Å²) in [6.07, 6.45) is 1.95. The molecule has 1 aromatic heterocycles. The third kappa shape index (κ3) is 5.67. The van der Waals surface area contributed by atoms with Crippen LogP contribution in [0.3, 0.4) is 0 Å². The van der Waals surface area contributed by atoms with Gasteiger partial charge in [0.15, 0.2) is 0 Å². The molecular weight excluding hydrogens is 466 g/mol. The van der Waals surface area contributed by atoms with Gasteiger partial charge in [0, 0.05) is 37.4 Å². The molecule has 1 fully saturated rings. The van der Waals surface area contributed by atoms with Gasteiger partial charge in [0.2, 0.25) is 5.88 Å². The Morgan fingerprint density at radius 3 is 2.46 bits per heavy atom. The maximum atomic E-state index is 13.7. The number of benzene rings is 3. The average Bonchev–Trinajstić information content (AvgIpc) is 3.57. The monoisotopic (exact) mass is 497 g/mol. The predicted molar refractivity (Wildman–Crippen MR) is 142 cm³/mol. The van der Waals surface area contributed by atoms with Gasteiger partial charge in [-0.05, 0) is 37.1 Å². The van der Waals surface area contributed by atoms with Crippen molar-refractivity contribution in [2.24, 2.45) is 7.05 Å². The van der Waals surface area contributed by atoms with Crippen molar-refractivity contribution < 1.29 is 19.0 Å². The lowest BCUT2D eigenvalue weighted by atomic mass is 10.1. The van der Waals surface area contributed by atoms with E-state index in [2.05, 4.69) is 0 Å². The number of aryl methyl sites for hydroxylation is 1. The van der Waals surface area contributed by atoms with Crippen molar-refractivity contribution in [2.75, 3.05) is 20.3 Å². The van der Waals surface area contributed by atoms with Crippen molar-refractivity contribution in [1.29, 1.82) is 0 Å².